The summed E-state index contributed by atoms with van der Waals surface area (Å²) in [6, 6.07) is 10.5. The minimum absolute atomic E-state index is 0.0173. The van der Waals surface area contributed by atoms with Crippen molar-refractivity contribution in [3.05, 3.63) is 46.7 Å². The van der Waals surface area contributed by atoms with Gasteiger partial charge in [0, 0.05) is 24.1 Å². The van der Waals surface area contributed by atoms with Gasteiger partial charge in [0.1, 0.15) is 18.1 Å². The maximum absolute atomic E-state index is 13.4. The standard InChI is InChI=1S/C22H29N5O3S/c1-5-22(2,3)23-21(29)20(18-11-8-14-31-18)26(12-13-30-4)19(28)15-27-17-10-7-6-9-16(17)24-25-27/h6-11,14,20H,5,12-13,15H2,1-4H3,(H,23,29)/t20-/m0/s1. The molecule has 0 unspecified atom stereocenters. The smallest absolute Gasteiger partial charge is 0.248 e. The van der Waals surface area contributed by atoms with Gasteiger partial charge in [-0.15, -0.1) is 16.4 Å². The molecule has 2 aromatic heterocycles. The van der Waals surface area contributed by atoms with Gasteiger partial charge in [-0.25, -0.2) is 4.68 Å². The fourth-order valence-electron chi connectivity index (χ4n) is 3.20. The van der Waals surface area contributed by atoms with Crippen LogP contribution in [0.2, 0.25) is 0 Å². The quantitative estimate of drug-likeness (QED) is 0.520. The van der Waals surface area contributed by atoms with Crippen molar-refractivity contribution in [2.75, 3.05) is 20.3 Å². The Labute approximate surface area is 186 Å². The van der Waals surface area contributed by atoms with E-state index >= 15 is 0 Å². The second kappa shape index (κ2) is 10.0. The van der Waals surface area contributed by atoms with Crippen molar-refractivity contribution in [1.29, 1.82) is 0 Å². The van der Waals surface area contributed by atoms with Gasteiger partial charge in [-0.05, 0) is 43.8 Å². The number of rotatable bonds is 10. The fourth-order valence-corrected chi connectivity index (χ4v) is 4.04. The number of carbonyl (C=O) groups is 2. The molecule has 1 aromatic carbocycles. The van der Waals surface area contributed by atoms with E-state index in [2.05, 4.69) is 15.6 Å². The molecule has 9 heteroatoms. The fraction of sp³-hybridized carbons (Fsp3) is 0.455. The van der Waals surface area contributed by atoms with E-state index in [0.717, 1.165) is 22.3 Å². The molecule has 3 aromatic rings. The van der Waals surface area contributed by atoms with Crippen LogP contribution in [0.5, 0.6) is 0 Å². The number of fused-ring (bicyclic) bond motifs is 1. The number of ether oxygens (including phenoxy) is 1. The van der Waals surface area contributed by atoms with E-state index < -0.39 is 6.04 Å². The summed E-state index contributed by atoms with van der Waals surface area (Å²) in [7, 11) is 1.58. The number of nitrogens with one attached hydrogen (secondary N) is 1. The summed E-state index contributed by atoms with van der Waals surface area (Å²) in [6.07, 6.45) is 0.771. The van der Waals surface area contributed by atoms with E-state index in [4.69, 9.17) is 4.74 Å². The second-order valence-electron chi connectivity index (χ2n) is 7.96. The highest BCUT2D eigenvalue weighted by Gasteiger charge is 2.34. The first kappa shape index (κ1) is 22.9. The summed E-state index contributed by atoms with van der Waals surface area (Å²) in [4.78, 5) is 29.2. The van der Waals surface area contributed by atoms with Crippen molar-refractivity contribution < 1.29 is 14.3 Å². The van der Waals surface area contributed by atoms with Gasteiger partial charge in [-0.1, -0.05) is 30.3 Å². The van der Waals surface area contributed by atoms with Crippen LogP contribution >= 0.6 is 11.3 Å². The molecule has 2 heterocycles. The Bertz CT molecular complexity index is 1020. The Morgan fingerprint density at radius 3 is 2.71 bits per heavy atom. The molecule has 0 saturated carbocycles. The molecule has 0 spiro atoms. The van der Waals surface area contributed by atoms with Gasteiger partial charge < -0.3 is 15.0 Å². The third-order valence-corrected chi connectivity index (χ3v) is 6.20. The lowest BCUT2D eigenvalue weighted by molar-refractivity contribution is -0.142. The Morgan fingerprint density at radius 1 is 1.26 bits per heavy atom. The zero-order valence-corrected chi connectivity index (χ0v) is 19.2. The van der Waals surface area contributed by atoms with Gasteiger partial charge in [0.25, 0.3) is 0 Å². The number of carbonyl (C=O) groups excluding carboxylic acids is 2. The highest BCUT2D eigenvalue weighted by atomic mass is 32.1. The highest BCUT2D eigenvalue weighted by molar-refractivity contribution is 7.10. The first-order valence-electron chi connectivity index (χ1n) is 10.3. The molecule has 0 radical (unpaired) electrons. The van der Waals surface area contributed by atoms with Crippen molar-refractivity contribution in [2.24, 2.45) is 0 Å². The highest BCUT2D eigenvalue weighted by Crippen LogP contribution is 2.27. The molecule has 8 nitrogen and oxygen atoms in total. The van der Waals surface area contributed by atoms with Crippen LogP contribution in [0.15, 0.2) is 41.8 Å². The van der Waals surface area contributed by atoms with Crippen LogP contribution in [-0.4, -0.2) is 57.5 Å². The van der Waals surface area contributed by atoms with Crippen LogP contribution in [0, 0.1) is 0 Å². The molecule has 0 aliphatic carbocycles. The summed E-state index contributed by atoms with van der Waals surface area (Å²) in [5.41, 5.74) is 1.10. The molecule has 0 aliphatic heterocycles. The van der Waals surface area contributed by atoms with Crippen LogP contribution in [0.3, 0.4) is 0 Å². The molecule has 0 saturated heterocycles. The number of para-hydroxylation sites is 1. The van der Waals surface area contributed by atoms with Gasteiger partial charge in [-0.2, -0.15) is 0 Å². The second-order valence-corrected chi connectivity index (χ2v) is 8.94. The number of thiophene rings is 1. The van der Waals surface area contributed by atoms with Crippen molar-refractivity contribution in [3.8, 4) is 0 Å². The van der Waals surface area contributed by atoms with E-state index in [1.54, 1.807) is 16.7 Å². The van der Waals surface area contributed by atoms with Gasteiger partial charge in [0.2, 0.25) is 11.8 Å². The average Bonchev–Trinajstić information content (AvgIpc) is 3.41. The predicted molar refractivity (Wildman–Crippen MR) is 121 cm³/mol. The zero-order valence-electron chi connectivity index (χ0n) is 18.4. The number of aromatic nitrogens is 3. The van der Waals surface area contributed by atoms with Crippen LogP contribution in [0.25, 0.3) is 11.0 Å². The molecule has 0 bridgehead atoms. The van der Waals surface area contributed by atoms with Gasteiger partial charge in [0.15, 0.2) is 0 Å². The molecule has 166 valence electrons. The molecule has 31 heavy (non-hydrogen) atoms. The largest absolute Gasteiger partial charge is 0.383 e. The lowest BCUT2D eigenvalue weighted by Gasteiger charge is -2.33. The Hall–Kier alpha value is -2.78. The van der Waals surface area contributed by atoms with Crippen LogP contribution in [-0.2, 0) is 20.9 Å². The third-order valence-electron chi connectivity index (χ3n) is 5.28. The van der Waals surface area contributed by atoms with E-state index in [1.807, 2.05) is 62.5 Å². The van der Waals surface area contributed by atoms with Gasteiger partial charge in [0.05, 0.1) is 12.1 Å². The van der Waals surface area contributed by atoms with Crippen molar-refractivity contribution in [1.82, 2.24) is 25.2 Å². The predicted octanol–water partition coefficient (Wildman–Crippen LogP) is 3.01. The van der Waals surface area contributed by atoms with Gasteiger partial charge >= 0.3 is 0 Å². The average molecular weight is 444 g/mol. The molecular formula is C22H29N5O3S. The molecule has 1 N–H and O–H groups in total. The van der Waals surface area contributed by atoms with Crippen LogP contribution in [0.4, 0.5) is 0 Å². The minimum Gasteiger partial charge on any atom is -0.383 e. The van der Waals surface area contributed by atoms with E-state index in [1.165, 1.54) is 11.3 Å². The summed E-state index contributed by atoms with van der Waals surface area (Å²) in [5.74, 6) is -0.433. The minimum atomic E-state index is -0.747. The monoisotopic (exact) mass is 443 g/mol. The molecule has 2 amide bonds. The van der Waals surface area contributed by atoms with E-state index in [-0.39, 0.29) is 30.4 Å². The number of benzene rings is 1. The number of hydrogen-bond donors (Lipinski definition) is 1. The first-order valence-corrected chi connectivity index (χ1v) is 11.2. The van der Waals surface area contributed by atoms with Crippen molar-refractivity contribution >= 4 is 34.2 Å². The number of methoxy groups -OCH3 is 1. The Kier molecular flexibility index (Phi) is 7.40. The van der Waals surface area contributed by atoms with Crippen molar-refractivity contribution in [3.63, 3.8) is 0 Å². The molecular weight excluding hydrogens is 414 g/mol. The zero-order chi connectivity index (χ0) is 22.4. The van der Waals surface area contributed by atoms with Crippen molar-refractivity contribution in [2.45, 2.75) is 45.3 Å². The molecule has 3 rings (SSSR count). The maximum Gasteiger partial charge on any atom is 0.248 e. The first-order chi connectivity index (χ1) is 14.9. The molecule has 0 fully saturated rings. The summed E-state index contributed by atoms with van der Waals surface area (Å²) in [5, 5.41) is 13.3. The van der Waals surface area contributed by atoms with E-state index in [0.29, 0.717) is 6.61 Å². The number of nitrogens with zero attached hydrogens (tertiary/aromatic N) is 4. The lowest BCUT2D eigenvalue weighted by atomic mass is 10.0. The van der Waals surface area contributed by atoms with Crippen LogP contribution in [0.1, 0.15) is 38.1 Å². The number of hydrogen-bond acceptors (Lipinski definition) is 6. The normalized spacial score (nSPS) is 12.6. The lowest BCUT2D eigenvalue weighted by Crippen LogP contribution is -2.51. The summed E-state index contributed by atoms with van der Waals surface area (Å²) >= 11 is 1.45. The Balaban J connectivity index is 1.92. The Morgan fingerprint density at radius 2 is 2.03 bits per heavy atom. The number of amides is 2. The SMILES string of the molecule is CCC(C)(C)NC(=O)[C@H](c1cccs1)N(CCOC)C(=O)Cn1nnc2ccccc21. The molecule has 1 atom stereocenters. The topological polar surface area (TPSA) is 89.4 Å². The summed E-state index contributed by atoms with van der Waals surface area (Å²) < 4.78 is 6.81. The van der Waals surface area contributed by atoms with E-state index in [9.17, 15) is 9.59 Å². The van der Waals surface area contributed by atoms with Crippen LogP contribution < -0.4 is 5.32 Å². The summed E-state index contributed by atoms with van der Waals surface area (Å²) in [6.45, 7) is 6.54. The van der Waals surface area contributed by atoms with Gasteiger partial charge in [-0.3, -0.25) is 9.59 Å². The third kappa shape index (κ3) is 5.48. The maximum atomic E-state index is 13.4. The molecule has 0 aliphatic rings.